The zero-order chi connectivity index (χ0) is 18.1. The number of rotatable bonds is 4. The van der Waals surface area contributed by atoms with E-state index in [1.54, 1.807) is 6.92 Å². The van der Waals surface area contributed by atoms with Crippen LogP contribution in [0.1, 0.15) is 48.0 Å². The minimum absolute atomic E-state index is 0.0313. The van der Waals surface area contributed by atoms with Gasteiger partial charge in [-0.1, -0.05) is 0 Å². The zero-order valence-corrected chi connectivity index (χ0v) is 15.3. The Bertz CT molecular complexity index is 567. The first kappa shape index (κ1) is 18.9. The molecule has 6 heteroatoms. The van der Waals surface area contributed by atoms with E-state index in [1.165, 1.54) is 0 Å². The van der Waals surface area contributed by atoms with Crippen LogP contribution in [0.2, 0.25) is 0 Å². The standard InChI is InChI=1S/C18H27NO5/c1-7-21-16(20)13(9-19)12-8-11(10-22-17(2,3)4)14-15(12)24-18(5,6)23-14/h11,14-15H,7-8,10H2,1-6H3/b13-12-/t11-,14-,15+/m1/s1. The Balaban J connectivity index is 2.30. The Morgan fingerprint density at radius 2 is 2.04 bits per heavy atom. The number of esters is 1. The summed E-state index contributed by atoms with van der Waals surface area (Å²) >= 11 is 0. The van der Waals surface area contributed by atoms with E-state index < -0.39 is 17.9 Å². The van der Waals surface area contributed by atoms with Gasteiger partial charge in [-0.25, -0.2) is 4.79 Å². The van der Waals surface area contributed by atoms with E-state index in [4.69, 9.17) is 18.9 Å². The predicted molar refractivity (Wildman–Crippen MR) is 86.9 cm³/mol. The monoisotopic (exact) mass is 337 g/mol. The van der Waals surface area contributed by atoms with Gasteiger partial charge in [0.25, 0.3) is 0 Å². The lowest BCUT2D eigenvalue weighted by Crippen LogP contribution is -2.31. The molecule has 2 rings (SSSR count). The largest absolute Gasteiger partial charge is 0.462 e. The summed E-state index contributed by atoms with van der Waals surface area (Å²) in [6.45, 7) is 12.1. The molecule has 1 aliphatic heterocycles. The van der Waals surface area contributed by atoms with Crippen molar-refractivity contribution < 1.29 is 23.7 Å². The van der Waals surface area contributed by atoms with E-state index in [1.807, 2.05) is 40.7 Å². The zero-order valence-electron chi connectivity index (χ0n) is 15.3. The molecule has 0 aromatic carbocycles. The summed E-state index contributed by atoms with van der Waals surface area (Å²) in [6, 6.07) is 1.99. The van der Waals surface area contributed by atoms with Gasteiger partial charge in [0.1, 0.15) is 17.7 Å². The van der Waals surface area contributed by atoms with Crippen LogP contribution in [0.15, 0.2) is 11.1 Å². The van der Waals surface area contributed by atoms with Gasteiger partial charge in [-0.05, 0) is 53.5 Å². The first-order valence-corrected chi connectivity index (χ1v) is 8.38. The molecule has 3 atom stereocenters. The molecule has 0 aromatic rings. The van der Waals surface area contributed by atoms with Gasteiger partial charge < -0.3 is 18.9 Å². The molecular weight excluding hydrogens is 310 g/mol. The van der Waals surface area contributed by atoms with Gasteiger partial charge in [0.05, 0.1) is 24.9 Å². The van der Waals surface area contributed by atoms with Crippen LogP contribution in [0, 0.1) is 17.2 Å². The molecule has 1 saturated carbocycles. The third-order valence-electron chi connectivity index (χ3n) is 4.06. The lowest BCUT2D eigenvalue weighted by molar-refractivity contribution is -0.157. The minimum atomic E-state index is -0.754. The fourth-order valence-corrected chi connectivity index (χ4v) is 3.12. The number of hydrogen-bond donors (Lipinski definition) is 0. The van der Waals surface area contributed by atoms with E-state index in [0.717, 1.165) is 0 Å². The molecule has 2 aliphatic rings. The molecule has 6 nitrogen and oxygen atoms in total. The lowest BCUT2D eigenvalue weighted by Gasteiger charge is -2.25. The molecule has 24 heavy (non-hydrogen) atoms. The van der Waals surface area contributed by atoms with E-state index >= 15 is 0 Å². The second-order valence-electron chi connectivity index (χ2n) is 7.64. The Morgan fingerprint density at radius 3 is 2.58 bits per heavy atom. The van der Waals surface area contributed by atoms with E-state index in [-0.39, 0.29) is 29.8 Å². The van der Waals surface area contributed by atoms with Gasteiger partial charge in [-0.3, -0.25) is 0 Å². The SMILES string of the molecule is CCOC(=O)/C(C#N)=C1/C[C@H](COC(C)(C)C)[C@H]2OC(C)(C)O[C@@H]12. The number of fused-ring (bicyclic) bond motifs is 1. The molecule has 0 N–H and O–H groups in total. The molecule has 1 aliphatic carbocycles. The van der Waals surface area contributed by atoms with Crippen molar-refractivity contribution >= 4 is 5.97 Å². The first-order valence-electron chi connectivity index (χ1n) is 8.38. The molecule has 0 aromatic heterocycles. The third kappa shape index (κ3) is 4.15. The van der Waals surface area contributed by atoms with Gasteiger partial charge in [0, 0.05) is 5.92 Å². The Labute approximate surface area is 143 Å². The van der Waals surface area contributed by atoms with E-state index in [9.17, 15) is 10.1 Å². The highest BCUT2D eigenvalue weighted by Gasteiger charge is 2.53. The minimum Gasteiger partial charge on any atom is -0.462 e. The van der Waals surface area contributed by atoms with Crippen molar-refractivity contribution in [2.24, 2.45) is 5.92 Å². The van der Waals surface area contributed by atoms with E-state index in [2.05, 4.69) is 0 Å². The van der Waals surface area contributed by atoms with Crippen LogP contribution in [-0.4, -0.2) is 42.8 Å². The van der Waals surface area contributed by atoms with Crippen molar-refractivity contribution in [1.29, 1.82) is 5.26 Å². The average Bonchev–Trinajstić information content (AvgIpc) is 2.91. The molecule has 0 radical (unpaired) electrons. The molecule has 2 fully saturated rings. The highest BCUT2D eigenvalue weighted by Crippen LogP contribution is 2.46. The number of hydrogen-bond acceptors (Lipinski definition) is 6. The molecule has 1 heterocycles. The van der Waals surface area contributed by atoms with Crippen molar-refractivity contribution in [3.63, 3.8) is 0 Å². The van der Waals surface area contributed by atoms with Crippen LogP contribution in [-0.2, 0) is 23.7 Å². The van der Waals surface area contributed by atoms with Crippen LogP contribution >= 0.6 is 0 Å². The highest BCUT2D eigenvalue weighted by atomic mass is 16.8. The maximum atomic E-state index is 12.1. The Hall–Kier alpha value is -1.42. The van der Waals surface area contributed by atoms with Gasteiger partial charge >= 0.3 is 5.97 Å². The Morgan fingerprint density at radius 1 is 1.38 bits per heavy atom. The molecule has 134 valence electrons. The fourth-order valence-electron chi connectivity index (χ4n) is 3.12. The lowest BCUT2D eigenvalue weighted by atomic mass is 10.0. The Kier molecular flexibility index (Phi) is 5.38. The number of carbonyl (C=O) groups is 1. The number of nitrogens with zero attached hydrogens (tertiary/aromatic N) is 1. The molecule has 1 saturated heterocycles. The molecule has 0 unspecified atom stereocenters. The van der Waals surface area contributed by atoms with Gasteiger partial charge in [-0.15, -0.1) is 0 Å². The summed E-state index contributed by atoms with van der Waals surface area (Å²) < 4.78 is 22.9. The van der Waals surface area contributed by atoms with Crippen LogP contribution in [0.4, 0.5) is 0 Å². The van der Waals surface area contributed by atoms with Crippen LogP contribution in [0.25, 0.3) is 0 Å². The first-order chi connectivity index (χ1) is 11.1. The van der Waals surface area contributed by atoms with Crippen molar-refractivity contribution in [2.45, 2.75) is 71.6 Å². The normalized spacial score (nSPS) is 30.6. The van der Waals surface area contributed by atoms with Gasteiger partial charge in [0.2, 0.25) is 0 Å². The van der Waals surface area contributed by atoms with Crippen molar-refractivity contribution in [1.82, 2.24) is 0 Å². The maximum Gasteiger partial charge on any atom is 0.348 e. The summed E-state index contributed by atoms with van der Waals surface area (Å²) in [5, 5.41) is 9.44. The fraction of sp³-hybridized carbons (Fsp3) is 0.778. The highest BCUT2D eigenvalue weighted by molar-refractivity contribution is 5.94. The second-order valence-corrected chi connectivity index (χ2v) is 7.64. The number of ether oxygens (including phenoxy) is 4. The van der Waals surface area contributed by atoms with Crippen LogP contribution in [0.3, 0.4) is 0 Å². The molecule has 0 bridgehead atoms. The van der Waals surface area contributed by atoms with Crippen molar-refractivity contribution in [2.75, 3.05) is 13.2 Å². The van der Waals surface area contributed by atoms with Crippen LogP contribution in [0.5, 0.6) is 0 Å². The smallest absolute Gasteiger partial charge is 0.348 e. The van der Waals surface area contributed by atoms with Crippen LogP contribution < -0.4 is 0 Å². The van der Waals surface area contributed by atoms with Gasteiger partial charge in [-0.2, -0.15) is 5.26 Å². The van der Waals surface area contributed by atoms with Crippen molar-refractivity contribution in [3.8, 4) is 6.07 Å². The summed E-state index contributed by atoms with van der Waals surface area (Å²) in [5.74, 6) is -1.32. The quantitative estimate of drug-likeness (QED) is 0.446. The molecule has 0 spiro atoms. The summed E-state index contributed by atoms with van der Waals surface area (Å²) in [7, 11) is 0. The number of nitriles is 1. The topological polar surface area (TPSA) is 77.8 Å². The van der Waals surface area contributed by atoms with E-state index in [0.29, 0.717) is 18.6 Å². The van der Waals surface area contributed by atoms with Crippen molar-refractivity contribution in [3.05, 3.63) is 11.1 Å². The van der Waals surface area contributed by atoms with Gasteiger partial charge in [0.15, 0.2) is 5.79 Å². The number of carbonyl (C=O) groups excluding carboxylic acids is 1. The molecule has 0 amide bonds. The maximum absolute atomic E-state index is 12.1. The third-order valence-corrected chi connectivity index (χ3v) is 4.06. The summed E-state index contributed by atoms with van der Waals surface area (Å²) in [4.78, 5) is 12.1. The summed E-state index contributed by atoms with van der Waals surface area (Å²) in [6.07, 6.45) is -0.105. The second kappa shape index (κ2) is 6.83. The predicted octanol–water partition coefficient (Wildman–Crippen LogP) is 2.72. The average molecular weight is 337 g/mol. The summed E-state index contributed by atoms with van der Waals surface area (Å²) in [5.41, 5.74) is 0.427. The molecular formula is C18H27NO5.